The first-order chi connectivity index (χ1) is 7.18. The highest BCUT2D eigenvalue weighted by Crippen LogP contribution is 2.32. The van der Waals surface area contributed by atoms with E-state index in [0.717, 1.165) is 17.9 Å². The van der Waals surface area contributed by atoms with Gasteiger partial charge >= 0.3 is 0 Å². The average molecular weight is 210 g/mol. The molecular weight excluding hydrogens is 184 g/mol. The van der Waals surface area contributed by atoms with Crippen LogP contribution in [0, 0.1) is 11.8 Å². The third-order valence-electron chi connectivity index (χ3n) is 4.52. The normalized spacial score (nSPS) is 40.6. The number of likely N-dealkylation sites (tertiary alicyclic amines) is 1. The van der Waals surface area contributed by atoms with Gasteiger partial charge in [0.1, 0.15) is 0 Å². The number of hydrogen-bond acceptors (Lipinski definition) is 2. The summed E-state index contributed by atoms with van der Waals surface area (Å²) in [5, 5.41) is 0. The molecule has 0 aromatic rings. The number of rotatable bonds is 2. The molecule has 1 saturated carbocycles. The van der Waals surface area contributed by atoms with E-state index >= 15 is 0 Å². The van der Waals surface area contributed by atoms with Gasteiger partial charge in [0.15, 0.2) is 0 Å². The van der Waals surface area contributed by atoms with E-state index in [9.17, 15) is 0 Å². The van der Waals surface area contributed by atoms with Gasteiger partial charge in [-0.3, -0.25) is 4.90 Å². The highest BCUT2D eigenvalue weighted by atomic mass is 15.2. The van der Waals surface area contributed by atoms with Gasteiger partial charge < -0.3 is 5.73 Å². The minimum absolute atomic E-state index is 0.379. The van der Waals surface area contributed by atoms with E-state index in [1.807, 2.05) is 0 Å². The third-order valence-corrected chi connectivity index (χ3v) is 4.52. The van der Waals surface area contributed by atoms with Gasteiger partial charge in [-0.05, 0) is 51.0 Å². The van der Waals surface area contributed by atoms with Gasteiger partial charge in [0, 0.05) is 18.6 Å². The molecule has 2 heteroatoms. The van der Waals surface area contributed by atoms with Crippen molar-refractivity contribution in [3.8, 4) is 0 Å². The lowest BCUT2D eigenvalue weighted by molar-refractivity contribution is 0.0962. The van der Waals surface area contributed by atoms with Crippen molar-refractivity contribution < 1.29 is 0 Å². The summed E-state index contributed by atoms with van der Waals surface area (Å²) in [5.74, 6) is 1.66. The molecule has 0 radical (unpaired) electrons. The molecule has 88 valence electrons. The van der Waals surface area contributed by atoms with Gasteiger partial charge in [0.25, 0.3) is 0 Å². The SMILES string of the molecule is CC(N)C1CCCN(C2CCCC2C)C1. The summed E-state index contributed by atoms with van der Waals surface area (Å²) in [6.07, 6.45) is 6.99. The van der Waals surface area contributed by atoms with E-state index in [0.29, 0.717) is 6.04 Å². The molecule has 2 fully saturated rings. The lowest BCUT2D eigenvalue weighted by Gasteiger charge is -2.39. The van der Waals surface area contributed by atoms with Crippen LogP contribution in [0.5, 0.6) is 0 Å². The summed E-state index contributed by atoms with van der Waals surface area (Å²) in [5.41, 5.74) is 6.04. The first kappa shape index (κ1) is 11.4. The molecule has 0 bridgehead atoms. The molecule has 15 heavy (non-hydrogen) atoms. The highest BCUT2D eigenvalue weighted by Gasteiger charge is 2.32. The fraction of sp³-hybridized carbons (Fsp3) is 1.00. The first-order valence-electron chi connectivity index (χ1n) is 6.68. The fourth-order valence-corrected chi connectivity index (χ4v) is 3.44. The molecule has 4 atom stereocenters. The Balaban J connectivity index is 1.92. The van der Waals surface area contributed by atoms with Crippen molar-refractivity contribution in [1.82, 2.24) is 4.90 Å². The molecule has 1 saturated heterocycles. The maximum absolute atomic E-state index is 6.04. The largest absolute Gasteiger partial charge is 0.328 e. The van der Waals surface area contributed by atoms with Crippen molar-refractivity contribution in [3.05, 3.63) is 0 Å². The summed E-state index contributed by atoms with van der Waals surface area (Å²) in [4.78, 5) is 2.73. The van der Waals surface area contributed by atoms with Crippen LogP contribution in [0.4, 0.5) is 0 Å². The van der Waals surface area contributed by atoms with E-state index in [2.05, 4.69) is 18.7 Å². The Morgan fingerprint density at radius 3 is 2.60 bits per heavy atom. The molecule has 0 spiro atoms. The standard InChI is InChI=1S/C13H26N2/c1-10-5-3-7-13(10)15-8-4-6-12(9-15)11(2)14/h10-13H,3-9,14H2,1-2H3. The lowest BCUT2D eigenvalue weighted by Crippen LogP contribution is -2.47. The van der Waals surface area contributed by atoms with Crippen LogP contribution in [0.25, 0.3) is 0 Å². The highest BCUT2D eigenvalue weighted by molar-refractivity contribution is 4.87. The van der Waals surface area contributed by atoms with E-state index in [1.165, 1.54) is 45.2 Å². The predicted molar refractivity (Wildman–Crippen MR) is 64.7 cm³/mol. The zero-order chi connectivity index (χ0) is 10.8. The topological polar surface area (TPSA) is 29.3 Å². The molecule has 2 rings (SSSR count). The minimum Gasteiger partial charge on any atom is -0.328 e. The zero-order valence-electron chi connectivity index (χ0n) is 10.3. The van der Waals surface area contributed by atoms with Crippen molar-refractivity contribution in [3.63, 3.8) is 0 Å². The predicted octanol–water partition coefficient (Wildman–Crippen LogP) is 2.23. The summed E-state index contributed by atoms with van der Waals surface area (Å²) in [7, 11) is 0. The molecule has 2 N–H and O–H groups in total. The Hall–Kier alpha value is -0.0800. The van der Waals surface area contributed by atoms with Crippen molar-refractivity contribution in [1.29, 1.82) is 0 Å². The Bertz CT molecular complexity index is 203. The van der Waals surface area contributed by atoms with Crippen LogP contribution in [0.2, 0.25) is 0 Å². The Morgan fingerprint density at radius 1 is 1.20 bits per heavy atom. The second-order valence-electron chi connectivity index (χ2n) is 5.73. The van der Waals surface area contributed by atoms with Crippen molar-refractivity contribution >= 4 is 0 Å². The summed E-state index contributed by atoms with van der Waals surface area (Å²) in [6.45, 7) is 7.17. The van der Waals surface area contributed by atoms with Crippen LogP contribution in [-0.4, -0.2) is 30.1 Å². The van der Waals surface area contributed by atoms with Crippen LogP contribution >= 0.6 is 0 Å². The van der Waals surface area contributed by atoms with E-state index in [4.69, 9.17) is 5.73 Å². The Morgan fingerprint density at radius 2 is 2.00 bits per heavy atom. The Labute approximate surface area is 94.2 Å². The maximum atomic E-state index is 6.04. The summed E-state index contributed by atoms with van der Waals surface area (Å²) >= 11 is 0. The first-order valence-corrected chi connectivity index (χ1v) is 6.68. The van der Waals surface area contributed by atoms with Gasteiger partial charge in [-0.2, -0.15) is 0 Å². The van der Waals surface area contributed by atoms with Gasteiger partial charge in [-0.25, -0.2) is 0 Å². The van der Waals surface area contributed by atoms with Gasteiger partial charge in [0.05, 0.1) is 0 Å². The number of piperidine rings is 1. The molecule has 1 heterocycles. The minimum atomic E-state index is 0.379. The molecular formula is C13H26N2. The number of hydrogen-bond donors (Lipinski definition) is 1. The monoisotopic (exact) mass is 210 g/mol. The maximum Gasteiger partial charge on any atom is 0.0121 e. The molecule has 4 unspecified atom stereocenters. The van der Waals surface area contributed by atoms with Crippen LogP contribution in [0.15, 0.2) is 0 Å². The molecule has 1 aliphatic heterocycles. The quantitative estimate of drug-likeness (QED) is 0.757. The number of nitrogens with zero attached hydrogens (tertiary/aromatic N) is 1. The van der Waals surface area contributed by atoms with E-state index < -0.39 is 0 Å². The number of nitrogens with two attached hydrogens (primary N) is 1. The Kier molecular flexibility index (Phi) is 3.68. The van der Waals surface area contributed by atoms with Gasteiger partial charge in [-0.15, -0.1) is 0 Å². The van der Waals surface area contributed by atoms with Crippen molar-refractivity contribution in [2.45, 2.75) is 58.0 Å². The summed E-state index contributed by atoms with van der Waals surface area (Å²) in [6, 6.07) is 1.25. The van der Waals surface area contributed by atoms with Crippen LogP contribution in [0.1, 0.15) is 46.0 Å². The van der Waals surface area contributed by atoms with Crippen LogP contribution < -0.4 is 5.73 Å². The molecule has 2 nitrogen and oxygen atoms in total. The van der Waals surface area contributed by atoms with Crippen molar-refractivity contribution in [2.75, 3.05) is 13.1 Å². The van der Waals surface area contributed by atoms with Gasteiger partial charge in [-0.1, -0.05) is 13.3 Å². The molecule has 1 aliphatic carbocycles. The third kappa shape index (κ3) is 2.54. The lowest BCUT2D eigenvalue weighted by atomic mass is 9.90. The second kappa shape index (κ2) is 4.84. The second-order valence-corrected chi connectivity index (χ2v) is 5.73. The van der Waals surface area contributed by atoms with Crippen molar-refractivity contribution in [2.24, 2.45) is 17.6 Å². The smallest absolute Gasteiger partial charge is 0.0121 e. The molecule has 2 aliphatic rings. The van der Waals surface area contributed by atoms with Crippen LogP contribution in [0.3, 0.4) is 0 Å². The molecule has 0 aromatic heterocycles. The van der Waals surface area contributed by atoms with E-state index in [-0.39, 0.29) is 0 Å². The van der Waals surface area contributed by atoms with E-state index in [1.54, 1.807) is 0 Å². The van der Waals surface area contributed by atoms with Gasteiger partial charge in [0.2, 0.25) is 0 Å². The molecule has 0 aromatic carbocycles. The van der Waals surface area contributed by atoms with Crippen LogP contribution in [-0.2, 0) is 0 Å². The summed E-state index contributed by atoms with van der Waals surface area (Å²) < 4.78 is 0. The molecule has 0 amide bonds. The average Bonchev–Trinajstić information content (AvgIpc) is 2.64. The fourth-order valence-electron chi connectivity index (χ4n) is 3.44. The zero-order valence-corrected chi connectivity index (χ0v) is 10.3.